The lowest BCUT2D eigenvalue weighted by atomic mass is 9.69. The van der Waals surface area contributed by atoms with Gasteiger partial charge in [0.1, 0.15) is 0 Å². The van der Waals surface area contributed by atoms with Crippen LogP contribution in [0.15, 0.2) is 54.6 Å². The lowest BCUT2D eigenvalue weighted by molar-refractivity contribution is -0.140. The number of nitrogens with zero attached hydrogens (tertiary/aromatic N) is 1. The SMILES string of the molecule is COC(=O)CCS[C@@H](CC(=O)N1[C@@H]2C[C@H]3CC[C@]2(CS1(=O)=O)C3(C)C)c1ccccc1CCCCCCCCc1ccccc1. The molecule has 0 radical (unpaired) electrons. The number of methoxy groups -OCH3 is 1. The summed E-state index contributed by atoms with van der Waals surface area (Å²) in [6.45, 7) is 4.42. The van der Waals surface area contributed by atoms with E-state index in [1.54, 1.807) is 11.8 Å². The Balaban J connectivity index is 1.21. The first-order chi connectivity index (χ1) is 21.6. The molecule has 8 heteroatoms. The van der Waals surface area contributed by atoms with Crippen molar-refractivity contribution in [2.75, 3.05) is 18.6 Å². The Bertz CT molecular complexity index is 1430. The smallest absolute Gasteiger partial charge is 0.306 e. The maximum absolute atomic E-state index is 14.1. The van der Waals surface area contributed by atoms with E-state index in [2.05, 4.69) is 56.3 Å². The number of carbonyl (C=O) groups excluding carboxylic acids is 2. The Morgan fingerprint density at radius 1 is 0.956 bits per heavy atom. The molecule has 0 N–H and O–H groups in total. The standard InChI is InChI=1S/C37H51NO5S2/c1-36(2)30-21-23-37(36)27-45(41,42)38(33(37)25-30)34(39)26-32(44-24-22-35(40)43-3)31-20-14-13-19-29(31)18-12-7-5-4-6-9-15-28-16-10-8-11-17-28/h8,10-11,13-14,16-17,19-20,30,32-33H,4-7,9,12,15,18,21-27H2,1-3H3/t30-,32+,33-,37-/m1/s1. The monoisotopic (exact) mass is 653 g/mol. The van der Waals surface area contributed by atoms with E-state index in [1.165, 1.54) is 48.2 Å². The van der Waals surface area contributed by atoms with Gasteiger partial charge in [-0.05, 0) is 73.0 Å². The number of fused-ring (bicyclic) bond motifs is 1. The van der Waals surface area contributed by atoms with Crippen molar-refractivity contribution in [2.45, 2.75) is 109 Å². The molecule has 2 aliphatic carbocycles. The van der Waals surface area contributed by atoms with Crippen molar-refractivity contribution in [2.24, 2.45) is 16.7 Å². The molecule has 0 aromatic heterocycles. The summed E-state index contributed by atoms with van der Waals surface area (Å²) >= 11 is 1.57. The van der Waals surface area contributed by atoms with E-state index >= 15 is 0 Å². The van der Waals surface area contributed by atoms with Crippen LogP contribution in [0.1, 0.15) is 106 Å². The Morgan fingerprint density at radius 3 is 2.33 bits per heavy atom. The minimum atomic E-state index is -3.68. The maximum Gasteiger partial charge on any atom is 0.306 e. The predicted octanol–water partition coefficient (Wildman–Crippen LogP) is 7.91. The summed E-state index contributed by atoms with van der Waals surface area (Å²) in [5, 5.41) is -0.227. The summed E-state index contributed by atoms with van der Waals surface area (Å²) in [6.07, 6.45) is 12.3. The van der Waals surface area contributed by atoms with Gasteiger partial charge in [0, 0.05) is 22.8 Å². The molecule has 1 saturated heterocycles. The summed E-state index contributed by atoms with van der Waals surface area (Å²) in [7, 11) is -2.29. The highest BCUT2D eigenvalue weighted by Crippen LogP contribution is 2.70. The molecule has 2 aromatic carbocycles. The number of hydrogen-bond donors (Lipinski definition) is 0. The number of aryl methyl sites for hydroxylation is 2. The first kappa shape index (κ1) is 34.0. The Kier molecular flexibility index (Phi) is 11.1. The largest absolute Gasteiger partial charge is 0.469 e. The van der Waals surface area contributed by atoms with Crippen molar-refractivity contribution in [1.82, 2.24) is 4.31 Å². The average Bonchev–Trinajstić information content (AvgIpc) is 3.51. The number of amides is 1. The summed E-state index contributed by atoms with van der Waals surface area (Å²) < 4.78 is 33.4. The lowest BCUT2D eigenvalue weighted by Crippen LogP contribution is -2.44. The number of hydrogen-bond acceptors (Lipinski definition) is 6. The van der Waals surface area contributed by atoms with Crippen molar-refractivity contribution < 1.29 is 22.7 Å². The number of sulfonamides is 1. The number of unbranched alkanes of at least 4 members (excludes halogenated alkanes) is 5. The van der Waals surface area contributed by atoms with E-state index in [0.717, 1.165) is 50.5 Å². The number of rotatable bonds is 16. The van der Waals surface area contributed by atoms with Crippen LogP contribution in [0.3, 0.4) is 0 Å². The first-order valence-corrected chi connectivity index (χ1v) is 19.6. The molecule has 1 aliphatic heterocycles. The molecule has 6 nitrogen and oxygen atoms in total. The van der Waals surface area contributed by atoms with Gasteiger partial charge in [-0.25, -0.2) is 12.7 Å². The van der Waals surface area contributed by atoms with Crippen LogP contribution in [0.25, 0.3) is 0 Å². The molecule has 1 amide bonds. The molecule has 3 fully saturated rings. The molecule has 246 valence electrons. The number of benzene rings is 2. The third-order valence-electron chi connectivity index (χ3n) is 11.3. The van der Waals surface area contributed by atoms with Crippen LogP contribution >= 0.6 is 11.8 Å². The Hall–Kier alpha value is -2.32. The molecular formula is C37H51NO5S2. The summed E-state index contributed by atoms with van der Waals surface area (Å²) in [5.41, 5.74) is 3.30. The van der Waals surface area contributed by atoms with E-state index in [1.807, 2.05) is 12.1 Å². The second-order valence-electron chi connectivity index (χ2n) is 14.0. The van der Waals surface area contributed by atoms with Crippen LogP contribution in [0.5, 0.6) is 0 Å². The quantitative estimate of drug-likeness (QED) is 0.135. The van der Waals surface area contributed by atoms with Crippen molar-refractivity contribution in [3.63, 3.8) is 0 Å². The average molecular weight is 654 g/mol. The van der Waals surface area contributed by atoms with Crippen LogP contribution in [0, 0.1) is 16.7 Å². The van der Waals surface area contributed by atoms with Crippen LogP contribution in [-0.2, 0) is 37.2 Å². The zero-order valence-electron chi connectivity index (χ0n) is 27.3. The second kappa shape index (κ2) is 14.6. The number of carbonyl (C=O) groups is 2. The molecule has 1 spiro atoms. The molecule has 1 heterocycles. The van der Waals surface area contributed by atoms with Crippen molar-refractivity contribution in [1.29, 1.82) is 0 Å². The Morgan fingerprint density at radius 2 is 1.62 bits per heavy atom. The van der Waals surface area contributed by atoms with Crippen molar-refractivity contribution in [3.05, 3.63) is 71.3 Å². The van der Waals surface area contributed by atoms with Crippen LogP contribution in [-0.4, -0.2) is 49.3 Å². The zero-order valence-corrected chi connectivity index (χ0v) is 29.0. The van der Waals surface area contributed by atoms with Crippen LogP contribution < -0.4 is 0 Å². The fraction of sp³-hybridized carbons (Fsp3) is 0.622. The first-order valence-electron chi connectivity index (χ1n) is 16.9. The summed E-state index contributed by atoms with van der Waals surface area (Å²) in [4.78, 5) is 26.0. The minimum Gasteiger partial charge on any atom is -0.469 e. The summed E-state index contributed by atoms with van der Waals surface area (Å²) in [6, 6.07) is 18.7. The summed E-state index contributed by atoms with van der Waals surface area (Å²) in [5.74, 6) is 0.488. The van der Waals surface area contributed by atoms with Gasteiger partial charge >= 0.3 is 5.97 Å². The highest BCUT2D eigenvalue weighted by atomic mass is 32.2. The van der Waals surface area contributed by atoms with Crippen molar-refractivity contribution >= 4 is 33.7 Å². The van der Waals surface area contributed by atoms with E-state index in [4.69, 9.17) is 4.74 Å². The third kappa shape index (κ3) is 7.32. The zero-order chi connectivity index (χ0) is 32.1. The lowest BCUT2D eigenvalue weighted by Gasteiger charge is -2.37. The van der Waals surface area contributed by atoms with Gasteiger partial charge in [0.2, 0.25) is 15.9 Å². The van der Waals surface area contributed by atoms with Crippen molar-refractivity contribution in [3.8, 4) is 0 Å². The minimum absolute atomic E-state index is 0.0804. The molecule has 2 saturated carbocycles. The van der Waals surface area contributed by atoms with Gasteiger partial charge in [0.15, 0.2) is 0 Å². The van der Waals surface area contributed by atoms with E-state index in [9.17, 15) is 18.0 Å². The highest BCUT2D eigenvalue weighted by Gasteiger charge is 2.72. The topological polar surface area (TPSA) is 80.8 Å². The molecule has 45 heavy (non-hydrogen) atoms. The van der Waals surface area contributed by atoms with E-state index in [-0.39, 0.29) is 52.6 Å². The molecular weight excluding hydrogens is 603 g/mol. The van der Waals surface area contributed by atoms with Gasteiger partial charge in [-0.2, -0.15) is 11.8 Å². The third-order valence-corrected chi connectivity index (χ3v) is 14.5. The number of ether oxygens (including phenoxy) is 1. The molecule has 4 atom stereocenters. The molecule has 5 rings (SSSR count). The van der Waals surface area contributed by atoms with Gasteiger partial charge in [-0.1, -0.05) is 94.1 Å². The Labute approximate surface area is 275 Å². The molecule has 2 aromatic rings. The van der Waals surface area contributed by atoms with E-state index < -0.39 is 10.0 Å². The second-order valence-corrected chi connectivity index (χ2v) is 17.2. The van der Waals surface area contributed by atoms with Gasteiger partial charge in [0.05, 0.1) is 25.3 Å². The van der Waals surface area contributed by atoms with E-state index in [0.29, 0.717) is 11.7 Å². The molecule has 3 aliphatic rings. The maximum atomic E-state index is 14.1. The van der Waals surface area contributed by atoms with Gasteiger partial charge < -0.3 is 4.74 Å². The van der Waals surface area contributed by atoms with Crippen LogP contribution in [0.4, 0.5) is 0 Å². The fourth-order valence-electron chi connectivity index (χ4n) is 8.58. The van der Waals surface area contributed by atoms with Gasteiger partial charge in [0.25, 0.3) is 0 Å². The number of esters is 1. The predicted molar refractivity (Wildman–Crippen MR) is 182 cm³/mol. The molecule has 0 unspecified atom stereocenters. The fourth-order valence-corrected chi connectivity index (χ4v) is 12.4. The molecule has 2 bridgehead atoms. The van der Waals surface area contributed by atoms with Gasteiger partial charge in [-0.15, -0.1) is 0 Å². The van der Waals surface area contributed by atoms with Gasteiger partial charge in [-0.3, -0.25) is 9.59 Å². The normalized spacial score (nSPS) is 24.8. The number of thioether (sulfide) groups is 1. The highest BCUT2D eigenvalue weighted by molar-refractivity contribution is 7.99. The van der Waals surface area contributed by atoms with Crippen LogP contribution in [0.2, 0.25) is 0 Å².